The zero-order valence-electron chi connectivity index (χ0n) is 13.8. The van der Waals surface area contributed by atoms with Gasteiger partial charge in [-0.2, -0.15) is 0 Å². The van der Waals surface area contributed by atoms with Gasteiger partial charge in [0.2, 0.25) is 11.8 Å². The van der Waals surface area contributed by atoms with Crippen molar-refractivity contribution in [1.29, 1.82) is 0 Å². The van der Waals surface area contributed by atoms with Crippen molar-refractivity contribution in [2.45, 2.75) is 12.5 Å². The van der Waals surface area contributed by atoms with Gasteiger partial charge in [-0.1, -0.05) is 6.07 Å². The second-order valence-electron chi connectivity index (χ2n) is 5.86. The summed E-state index contributed by atoms with van der Waals surface area (Å²) >= 11 is 3.52. The number of carbonyl (C=O) groups excluding carboxylic acids is 2. The van der Waals surface area contributed by atoms with Gasteiger partial charge in [-0.25, -0.2) is 0 Å². The average Bonchev–Trinajstić information content (AvgIpc) is 3.25. The van der Waals surface area contributed by atoms with E-state index in [9.17, 15) is 9.59 Å². The molecule has 0 fully saturated rings. The van der Waals surface area contributed by atoms with Crippen LogP contribution in [0.15, 0.2) is 29.0 Å². The van der Waals surface area contributed by atoms with Gasteiger partial charge in [0.05, 0.1) is 19.1 Å². The molecule has 0 spiro atoms. The maximum absolute atomic E-state index is 12.5. The second kappa shape index (κ2) is 7.46. The molecule has 2 aromatic heterocycles. The fourth-order valence-electron chi connectivity index (χ4n) is 3.00. The van der Waals surface area contributed by atoms with Crippen LogP contribution in [0, 0.1) is 0 Å². The summed E-state index contributed by atoms with van der Waals surface area (Å²) < 4.78 is 0. The van der Waals surface area contributed by atoms with Crippen molar-refractivity contribution in [2.75, 3.05) is 33.7 Å². The lowest BCUT2D eigenvalue weighted by Crippen LogP contribution is -2.45. The van der Waals surface area contributed by atoms with Crippen molar-refractivity contribution in [3.63, 3.8) is 0 Å². The fourth-order valence-corrected chi connectivity index (χ4v) is 4.78. The normalized spacial score (nSPS) is 17.3. The predicted molar refractivity (Wildman–Crippen MR) is 97.5 cm³/mol. The van der Waals surface area contributed by atoms with E-state index in [1.807, 2.05) is 0 Å². The zero-order chi connectivity index (χ0) is 17.1. The monoisotopic (exact) mass is 363 g/mol. The number of rotatable bonds is 5. The highest BCUT2D eigenvalue weighted by Gasteiger charge is 2.32. The van der Waals surface area contributed by atoms with Crippen LogP contribution < -0.4 is 5.32 Å². The number of hydrogen-bond donors (Lipinski definition) is 1. The lowest BCUT2D eigenvalue weighted by atomic mass is 9.98. The van der Waals surface area contributed by atoms with Crippen LogP contribution in [0.2, 0.25) is 0 Å². The first-order chi connectivity index (χ1) is 11.6. The number of carbonyl (C=O) groups is 2. The first-order valence-corrected chi connectivity index (χ1v) is 9.64. The Morgan fingerprint density at radius 1 is 1.33 bits per heavy atom. The highest BCUT2D eigenvalue weighted by atomic mass is 32.1. The van der Waals surface area contributed by atoms with Crippen molar-refractivity contribution < 1.29 is 9.59 Å². The Morgan fingerprint density at radius 3 is 2.88 bits per heavy atom. The molecule has 1 atom stereocenters. The minimum atomic E-state index is -0.153. The Balaban J connectivity index is 1.77. The molecule has 5 nitrogen and oxygen atoms in total. The molecule has 3 rings (SSSR count). The van der Waals surface area contributed by atoms with E-state index in [1.165, 1.54) is 20.2 Å². The van der Waals surface area contributed by atoms with Crippen LogP contribution >= 0.6 is 22.7 Å². The molecule has 1 aliphatic heterocycles. The molecule has 24 heavy (non-hydrogen) atoms. The molecule has 0 unspecified atom stereocenters. The fraction of sp³-hybridized carbons (Fsp3) is 0.412. The summed E-state index contributed by atoms with van der Waals surface area (Å²) in [5, 5.41) is 6.76. The predicted octanol–water partition coefficient (Wildman–Crippen LogP) is 1.96. The first kappa shape index (κ1) is 17.1. The number of likely N-dealkylation sites (N-methyl/N-ethyl adjacent to an activating group) is 2. The summed E-state index contributed by atoms with van der Waals surface area (Å²) in [7, 11) is 3.26. The van der Waals surface area contributed by atoms with E-state index in [0.717, 1.165) is 13.0 Å². The summed E-state index contributed by atoms with van der Waals surface area (Å²) in [5.41, 5.74) is 1.32. The molecule has 3 heterocycles. The Kier molecular flexibility index (Phi) is 5.33. The summed E-state index contributed by atoms with van der Waals surface area (Å²) in [6.07, 6.45) is 0.974. The number of hydrogen-bond acceptors (Lipinski definition) is 5. The topological polar surface area (TPSA) is 52.7 Å². The molecule has 1 N–H and O–H groups in total. The van der Waals surface area contributed by atoms with Gasteiger partial charge in [0, 0.05) is 30.4 Å². The summed E-state index contributed by atoms with van der Waals surface area (Å²) in [4.78, 5) is 30.4. The molecule has 0 radical (unpaired) electrons. The van der Waals surface area contributed by atoms with E-state index in [1.54, 1.807) is 36.8 Å². The summed E-state index contributed by atoms with van der Waals surface area (Å²) in [5.74, 6) is -0.182. The summed E-state index contributed by atoms with van der Waals surface area (Å²) in [6.45, 7) is 1.28. The summed E-state index contributed by atoms with van der Waals surface area (Å²) in [6, 6.07) is 6.50. The van der Waals surface area contributed by atoms with E-state index in [-0.39, 0.29) is 24.4 Å². The third-order valence-corrected chi connectivity index (χ3v) is 6.22. The van der Waals surface area contributed by atoms with Crippen LogP contribution in [0.4, 0.5) is 0 Å². The van der Waals surface area contributed by atoms with Gasteiger partial charge in [-0.15, -0.1) is 22.7 Å². The molecule has 128 valence electrons. The van der Waals surface area contributed by atoms with E-state index in [2.05, 4.69) is 39.2 Å². The van der Waals surface area contributed by atoms with Gasteiger partial charge in [0.15, 0.2) is 0 Å². The van der Waals surface area contributed by atoms with Crippen LogP contribution in [-0.4, -0.2) is 55.3 Å². The molecule has 0 aliphatic carbocycles. The van der Waals surface area contributed by atoms with Crippen LogP contribution in [-0.2, 0) is 16.0 Å². The van der Waals surface area contributed by atoms with Crippen LogP contribution in [0.25, 0.3) is 0 Å². The van der Waals surface area contributed by atoms with Crippen molar-refractivity contribution in [1.82, 2.24) is 15.1 Å². The maximum Gasteiger partial charge on any atom is 0.239 e. The molecule has 0 saturated carbocycles. The van der Waals surface area contributed by atoms with E-state index in [0.29, 0.717) is 6.54 Å². The number of nitrogens with one attached hydrogen (secondary N) is 1. The van der Waals surface area contributed by atoms with Crippen molar-refractivity contribution >= 4 is 34.5 Å². The Bertz CT molecular complexity index is 711. The lowest BCUT2D eigenvalue weighted by Gasteiger charge is -2.35. The number of nitrogens with zero attached hydrogens (tertiary/aromatic N) is 2. The van der Waals surface area contributed by atoms with Crippen LogP contribution in [0.3, 0.4) is 0 Å². The zero-order valence-corrected chi connectivity index (χ0v) is 15.5. The first-order valence-electron chi connectivity index (χ1n) is 7.88. The molecule has 0 aromatic carbocycles. The van der Waals surface area contributed by atoms with Gasteiger partial charge in [0.25, 0.3) is 0 Å². The van der Waals surface area contributed by atoms with E-state index < -0.39 is 0 Å². The smallest absolute Gasteiger partial charge is 0.239 e. The quantitative estimate of drug-likeness (QED) is 0.884. The minimum absolute atomic E-state index is 0.0289. The van der Waals surface area contributed by atoms with Crippen molar-refractivity contribution in [3.8, 4) is 0 Å². The second-order valence-corrected chi connectivity index (χ2v) is 7.84. The van der Waals surface area contributed by atoms with Crippen LogP contribution in [0.1, 0.15) is 21.4 Å². The van der Waals surface area contributed by atoms with Gasteiger partial charge in [0.1, 0.15) is 0 Å². The van der Waals surface area contributed by atoms with E-state index >= 15 is 0 Å². The highest BCUT2D eigenvalue weighted by molar-refractivity contribution is 7.10. The third kappa shape index (κ3) is 3.53. The average molecular weight is 364 g/mol. The molecule has 2 aromatic rings. The van der Waals surface area contributed by atoms with Gasteiger partial charge < -0.3 is 10.2 Å². The minimum Gasteiger partial charge on any atom is -0.358 e. The molecule has 2 amide bonds. The Labute approximate surface area is 149 Å². The SMILES string of the molecule is CNC(=O)CN(C)C(=O)CN1CCc2sccc2[C@H]1c1cccs1. The lowest BCUT2D eigenvalue weighted by molar-refractivity contribution is -0.135. The Morgan fingerprint density at radius 2 is 2.17 bits per heavy atom. The van der Waals surface area contributed by atoms with Crippen molar-refractivity contribution in [2.24, 2.45) is 0 Å². The van der Waals surface area contributed by atoms with Crippen LogP contribution in [0.5, 0.6) is 0 Å². The molecule has 0 saturated heterocycles. The van der Waals surface area contributed by atoms with Gasteiger partial charge in [-0.05, 0) is 34.9 Å². The van der Waals surface area contributed by atoms with Gasteiger partial charge in [-0.3, -0.25) is 14.5 Å². The highest BCUT2D eigenvalue weighted by Crippen LogP contribution is 2.39. The van der Waals surface area contributed by atoms with E-state index in [4.69, 9.17) is 0 Å². The number of thiophene rings is 2. The molecule has 0 bridgehead atoms. The Hall–Kier alpha value is -1.70. The van der Waals surface area contributed by atoms with Gasteiger partial charge >= 0.3 is 0 Å². The third-order valence-electron chi connectivity index (χ3n) is 4.30. The van der Waals surface area contributed by atoms with Crippen molar-refractivity contribution in [3.05, 3.63) is 44.3 Å². The largest absolute Gasteiger partial charge is 0.358 e. The standard InChI is InChI=1S/C17H21N3O2S2/c1-18-15(21)10-19(2)16(22)11-20-7-5-13-12(6-9-24-13)17(20)14-4-3-8-23-14/h3-4,6,8-9,17H,5,7,10-11H2,1-2H3,(H,18,21)/t17-/m0/s1. The molecular weight excluding hydrogens is 342 g/mol. The molecule has 1 aliphatic rings. The molecular formula is C17H21N3O2S2. The number of amides is 2. The molecule has 7 heteroatoms. The maximum atomic E-state index is 12.5. The number of fused-ring (bicyclic) bond motifs is 1.